The number of aryl methyl sites for hydroxylation is 1. The first-order chi connectivity index (χ1) is 11.5. The van der Waals surface area contributed by atoms with Crippen molar-refractivity contribution in [2.45, 2.75) is 20.4 Å². The average Bonchev–Trinajstić information content (AvgIpc) is 2.59. The highest BCUT2D eigenvalue weighted by Crippen LogP contribution is 2.19. The maximum Gasteiger partial charge on any atom is 0.240 e. The number of rotatable bonds is 6. The normalized spacial score (nSPS) is 10.1. The molecule has 0 bridgehead atoms. The second-order valence-corrected chi connectivity index (χ2v) is 5.57. The summed E-state index contributed by atoms with van der Waals surface area (Å²) in [5, 5.41) is 2.84. The van der Waals surface area contributed by atoms with Crippen molar-refractivity contribution in [3.8, 4) is 5.75 Å². The van der Waals surface area contributed by atoms with E-state index in [2.05, 4.69) is 5.32 Å². The number of hydrogen-bond donors (Lipinski definition) is 1. The third-order valence-corrected chi connectivity index (χ3v) is 3.68. The minimum atomic E-state index is -0.207. The molecule has 2 amide bonds. The Kier molecular flexibility index (Phi) is 5.95. The molecule has 0 aliphatic rings. The first-order valence-electron chi connectivity index (χ1n) is 7.74. The van der Waals surface area contributed by atoms with Crippen LogP contribution in [0.1, 0.15) is 18.1 Å². The van der Waals surface area contributed by atoms with Crippen molar-refractivity contribution in [3.63, 3.8) is 0 Å². The van der Waals surface area contributed by atoms with Crippen LogP contribution < -0.4 is 15.0 Å². The molecule has 0 aromatic heterocycles. The Morgan fingerprint density at radius 2 is 1.67 bits per heavy atom. The van der Waals surface area contributed by atoms with Gasteiger partial charge in [-0.05, 0) is 36.8 Å². The first kappa shape index (κ1) is 17.5. The molecule has 126 valence electrons. The van der Waals surface area contributed by atoms with Gasteiger partial charge in [-0.3, -0.25) is 9.59 Å². The molecule has 5 heteroatoms. The van der Waals surface area contributed by atoms with Crippen LogP contribution in [0.25, 0.3) is 0 Å². The number of nitrogens with zero attached hydrogens (tertiary/aromatic N) is 1. The van der Waals surface area contributed by atoms with E-state index in [1.165, 1.54) is 17.4 Å². The molecule has 0 atom stereocenters. The zero-order chi connectivity index (χ0) is 17.5. The molecule has 0 saturated carbocycles. The summed E-state index contributed by atoms with van der Waals surface area (Å²) in [6, 6.07) is 15.0. The summed E-state index contributed by atoms with van der Waals surface area (Å²) in [7, 11) is 1.58. The van der Waals surface area contributed by atoms with Crippen molar-refractivity contribution in [1.82, 2.24) is 5.32 Å². The number of methoxy groups -OCH3 is 1. The van der Waals surface area contributed by atoms with Gasteiger partial charge in [0.25, 0.3) is 0 Å². The molecule has 1 N–H and O–H groups in total. The number of carbonyl (C=O) groups excluding carboxylic acids is 2. The molecule has 0 fully saturated rings. The highest BCUT2D eigenvalue weighted by Gasteiger charge is 2.15. The van der Waals surface area contributed by atoms with E-state index >= 15 is 0 Å². The Bertz CT molecular complexity index is 694. The van der Waals surface area contributed by atoms with E-state index in [0.29, 0.717) is 18.0 Å². The molecule has 0 spiro atoms. The Hall–Kier alpha value is -2.82. The molecular formula is C19H22N2O3. The quantitative estimate of drug-likeness (QED) is 0.888. The lowest BCUT2D eigenvalue weighted by Crippen LogP contribution is -2.39. The molecule has 24 heavy (non-hydrogen) atoms. The van der Waals surface area contributed by atoms with Gasteiger partial charge >= 0.3 is 0 Å². The molecule has 2 aromatic rings. The van der Waals surface area contributed by atoms with Crippen molar-refractivity contribution < 1.29 is 14.3 Å². The van der Waals surface area contributed by atoms with Crippen LogP contribution in [0.4, 0.5) is 5.69 Å². The fourth-order valence-corrected chi connectivity index (χ4v) is 2.25. The van der Waals surface area contributed by atoms with Gasteiger partial charge in [0, 0.05) is 19.2 Å². The standard InChI is InChI=1S/C19H22N2O3/c1-14-4-6-16(7-5-14)12-20-19(23)13-21(15(2)22)17-8-10-18(24-3)11-9-17/h4-11H,12-13H2,1-3H3,(H,20,23). The lowest BCUT2D eigenvalue weighted by Gasteiger charge is -2.21. The maximum atomic E-state index is 12.2. The van der Waals surface area contributed by atoms with Gasteiger partial charge < -0.3 is 15.0 Å². The van der Waals surface area contributed by atoms with Crippen molar-refractivity contribution >= 4 is 17.5 Å². The fraction of sp³-hybridized carbons (Fsp3) is 0.263. The largest absolute Gasteiger partial charge is 0.497 e. The van der Waals surface area contributed by atoms with Crippen LogP contribution in [-0.2, 0) is 16.1 Å². The highest BCUT2D eigenvalue weighted by atomic mass is 16.5. The van der Waals surface area contributed by atoms with Gasteiger partial charge in [0.1, 0.15) is 12.3 Å². The molecule has 0 radical (unpaired) electrons. The van der Waals surface area contributed by atoms with E-state index in [4.69, 9.17) is 4.74 Å². The molecule has 0 saturated heterocycles. The van der Waals surface area contributed by atoms with E-state index in [1.807, 2.05) is 31.2 Å². The van der Waals surface area contributed by atoms with Gasteiger partial charge in [0.15, 0.2) is 0 Å². The summed E-state index contributed by atoms with van der Waals surface area (Å²) in [6.45, 7) is 3.88. The van der Waals surface area contributed by atoms with Crippen LogP contribution in [0.5, 0.6) is 5.75 Å². The summed E-state index contributed by atoms with van der Waals surface area (Å²) in [4.78, 5) is 25.5. The van der Waals surface area contributed by atoms with Gasteiger partial charge in [0.2, 0.25) is 11.8 Å². The highest BCUT2D eigenvalue weighted by molar-refractivity contribution is 5.97. The SMILES string of the molecule is COc1ccc(N(CC(=O)NCc2ccc(C)cc2)C(C)=O)cc1. The fourth-order valence-electron chi connectivity index (χ4n) is 2.25. The predicted molar refractivity (Wildman–Crippen MR) is 94.0 cm³/mol. The Morgan fingerprint density at radius 3 is 2.21 bits per heavy atom. The van der Waals surface area contributed by atoms with Crippen molar-refractivity contribution in [1.29, 1.82) is 0 Å². The number of benzene rings is 2. The van der Waals surface area contributed by atoms with Gasteiger partial charge in [-0.2, -0.15) is 0 Å². The average molecular weight is 326 g/mol. The lowest BCUT2D eigenvalue weighted by atomic mass is 10.1. The topological polar surface area (TPSA) is 58.6 Å². The van der Waals surface area contributed by atoms with E-state index in [9.17, 15) is 9.59 Å². The predicted octanol–water partition coefficient (Wildman–Crippen LogP) is 2.67. The first-order valence-corrected chi connectivity index (χ1v) is 7.74. The van der Waals surface area contributed by atoms with Crippen molar-refractivity contribution in [2.24, 2.45) is 0 Å². The number of carbonyl (C=O) groups is 2. The zero-order valence-electron chi connectivity index (χ0n) is 14.2. The minimum Gasteiger partial charge on any atom is -0.497 e. The van der Waals surface area contributed by atoms with E-state index in [1.54, 1.807) is 31.4 Å². The molecule has 0 aliphatic heterocycles. The molecular weight excluding hydrogens is 304 g/mol. The molecule has 2 aromatic carbocycles. The summed E-state index contributed by atoms with van der Waals surface area (Å²) in [5.41, 5.74) is 2.86. The minimum absolute atomic E-state index is 0.0203. The van der Waals surface area contributed by atoms with E-state index < -0.39 is 0 Å². The van der Waals surface area contributed by atoms with Crippen LogP contribution in [0, 0.1) is 6.92 Å². The second kappa shape index (κ2) is 8.15. The lowest BCUT2D eigenvalue weighted by molar-refractivity contribution is -0.123. The molecule has 2 rings (SSSR count). The molecule has 5 nitrogen and oxygen atoms in total. The van der Waals surface area contributed by atoms with Gasteiger partial charge in [-0.15, -0.1) is 0 Å². The van der Waals surface area contributed by atoms with Crippen LogP contribution >= 0.6 is 0 Å². The van der Waals surface area contributed by atoms with Crippen LogP contribution in [0.3, 0.4) is 0 Å². The van der Waals surface area contributed by atoms with E-state index in [-0.39, 0.29) is 18.4 Å². The third kappa shape index (κ3) is 4.84. The monoisotopic (exact) mass is 326 g/mol. The number of ether oxygens (including phenoxy) is 1. The maximum absolute atomic E-state index is 12.2. The van der Waals surface area contributed by atoms with Crippen molar-refractivity contribution in [3.05, 3.63) is 59.7 Å². The number of amides is 2. The van der Waals surface area contributed by atoms with Gasteiger partial charge in [-0.25, -0.2) is 0 Å². The smallest absolute Gasteiger partial charge is 0.240 e. The summed E-state index contributed by atoms with van der Waals surface area (Å²) >= 11 is 0. The molecule has 0 unspecified atom stereocenters. The zero-order valence-corrected chi connectivity index (χ0v) is 14.2. The summed E-state index contributed by atoms with van der Waals surface area (Å²) in [5.74, 6) is 0.304. The number of hydrogen-bond acceptors (Lipinski definition) is 3. The van der Waals surface area contributed by atoms with Crippen molar-refractivity contribution in [2.75, 3.05) is 18.6 Å². The second-order valence-electron chi connectivity index (χ2n) is 5.57. The number of nitrogens with one attached hydrogen (secondary N) is 1. The molecule has 0 heterocycles. The number of anilines is 1. The van der Waals surface area contributed by atoms with Gasteiger partial charge in [0.05, 0.1) is 7.11 Å². The molecule has 0 aliphatic carbocycles. The summed E-state index contributed by atoms with van der Waals surface area (Å²) < 4.78 is 5.10. The third-order valence-electron chi connectivity index (χ3n) is 3.68. The van der Waals surface area contributed by atoms with Crippen LogP contribution in [0.2, 0.25) is 0 Å². The van der Waals surface area contributed by atoms with Crippen LogP contribution in [0.15, 0.2) is 48.5 Å². The Labute approximate surface area is 142 Å². The van der Waals surface area contributed by atoms with E-state index in [0.717, 1.165) is 5.56 Å². The Balaban J connectivity index is 1.97. The Morgan fingerprint density at radius 1 is 1.04 bits per heavy atom. The van der Waals surface area contributed by atoms with Gasteiger partial charge in [-0.1, -0.05) is 29.8 Å². The van der Waals surface area contributed by atoms with Crippen LogP contribution in [-0.4, -0.2) is 25.5 Å². The summed E-state index contributed by atoms with van der Waals surface area (Å²) in [6.07, 6.45) is 0.